The topological polar surface area (TPSA) is 55.1 Å². The highest BCUT2D eigenvalue weighted by Gasteiger charge is 2.15. The smallest absolute Gasteiger partial charge is 0.232 e. The summed E-state index contributed by atoms with van der Waals surface area (Å²) < 4.78 is 11.1. The molecule has 0 aromatic carbocycles. The highest BCUT2D eigenvalue weighted by molar-refractivity contribution is 5.43. The molecule has 4 heteroatoms. The number of nitrogens with zero attached hydrogens (tertiary/aromatic N) is 2. The molecule has 0 N–H and O–H groups in total. The van der Waals surface area contributed by atoms with Gasteiger partial charge in [-0.25, -0.2) is 4.98 Å². The molecule has 20 heavy (non-hydrogen) atoms. The van der Waals surface area contributed by atoms with Gasteiger partial charge in [0.2, 0.25) is 5.88 Å². The van der Waals surface area contributed by atoms with E-state index in [2.05, 4.69) is 18.0 Å². The molecule has 0 atom stereocenters. The van der Waals surface area contributed by atoms with Gasteiger partial charge < -0.3 is 9.47 Å². The summed E-state index contributed by atoms with van der Waals surface area (Å²) in [6, 6.07) is 4.12. The third-order valence-corrected chi connectivity index (χ3v) is 3.49. The number of ether oxygens (including phenoxy) is 2. The number of aromatic nitrogens is 1. The van der Waals surface area contributed by atoms with E-state index in [1.165, 1.54) is 18.4 Å². The second-order valence-corrected chi connectivity index (χ2v) is 5.08. The van der Waals surface area contributed by atoms with E-state index < -0.39 is 0 Å². The average molecular weight is 274 g/mol. The zero-order valence-electron chi connectivity index (χ0n) is 12.2. The van der Waals surface area contributed by atoms with E-state index in [1.54, 1.807) is 0 Å². The van der Waals surface area contributed by atoms with Gasteiger partial charge in [-0.2, -0.15) is 5.26 Å². The van der Waals surface area contributed by atoms with Gasteiger partial charge in [0.05, 0.1) is 6.61 Å². The first-order chi connectivity index (χ1) is 9.85. The monoisotopic (exact) mass is 274 g/mol. The number of hydrogen-bond donors (Lipinski definition) is 0. The predicted octanol–water partition coefficient (Wildman–Crippen LogP) is 3.03. The Balaban J connectivity index is 1.91. The van der Waals surface area contributed by atoms with Crippen molar-refractivity contribution in [3.05, 3.63) is 22.9 Å². The summed E-state index contributed by atoms with van der Waals surface area (Å²) >= 11 is 0. The number of rotatable bonds is 7. The third kappa shape index (κ3) is 3.94. The largest absolute Gasteiger partial charge is 0.474 e. The van der Waals surface area contributed by atoms with Crippen LogP contribution in [0, 0.1) is 11.3 Å². The van der Waals surface area contributed by atoms with Crippen LogP contribution >= 0.6 is 0 Å². The predicted molar refractivity (Wildman–Crippen MR) is 76.8 cm³/mol. The number of unbranched alkanes of at least 4 members (excludes halogenated alkanes) is 1. The summed E-state index contributed by atoms with van der Waals surface area (Å²) in [6.45, 7) is 3.90. The molecule has 0 spiro atoms. The minimum atomic E-state index is 0.449. The first-order valence-electron chi connectivity index (χ1n) is 7.48. The lowest BCUT2D eigenvalue weighted by atomic mass is 9.95. The Labute approximate surface area is 120 Å². The fourth-order valence-electron chi connectivity index (χ4n) is 2.35. The van der Waals surface area contributed by atoms with Crippen molar-refractivity contribution < 1.29 is 9.47 Å². The third-order valence-electron chi connectivity index (χ3n) is 3.49. The first kappa shape index (κ1) is 14.8. The number of fused-ring (bicyclic) bond motifs is 1. The quantitative estimate of drug-likeness (QED) is 0.717. The van der Waals surface area contributed by atoms with Crippen LogP contribution in [0.3, 0.4) is 0 Å². The van der Waals surface area contributed by atoms with Crippen LogP contribution in [0.1, 0.15) is 49.4 Å². The van der Waals surface area contributed by atoms with Crippen molar-refractivity contribution in [2.24, 2.45) is 0 Å². The van der Waals surface area contributed by atoms with Crippen LogP contribution in [-0.2, 0) is 17.6 Å². The van der Waals surface area contributed by atoms with Gasteiger partial charge in [-0.3, -0.25) is 0 Å². The van der Waals surface area contributed by atoms with Crippen molar-refractivity contribution in [3.8, 4) is 11.9 Å². The SMILES string of the molecule is CCCCOCCOc1nc2c(cc1C#N)CCCC2. The molecule has 0 saturated carbocycles. The van der Waals surface area contributed by atoms with Gasteiger partial charge in [-0.05, 0) is 43.7 Å². The van der Waals surface area contributed by atoms with Gasteiger partial charge in [0.15, 0.2) is 0 Å². The van der Waals surface area contributed by atoms with Crippen molar-refractivity contribution in [1.82, 2.24) is 4.98 Å². The molecule has 1 aliphatic carbocycles. The molecule has 0 bridgehead atoms. The van der Waals surface area contributed by atoms with E-state index in [0.29, 0.717) is 24.7 Å². The summed E-state index contributed by atoms with van der Waals surface area (Å²) in [5.74, 6) is 0.465. The van der Waals surface area contributed by atoms with E-state index in [4.69, 9.17) is 9.47 Å². The maximum absolute atomic E-state index is 9.19. The fourth-order valence-corrected chi connectivity index (χ4v) is 2.35. The zero-order valence-corrected chi connectivity index (χ0v) is 12.2. The molecule has 1 aromatic rings. The second kappa shape index (κ2) is 7.86. The Morgan fingerprint density at radius 2 is 2.10 bits per heavy atom. The van der Waals surface area contributed by atoms with Crippen LogP contribution in [0.2, 0.25) is 0 Å². The van der Waals surface area contributed by atoms with Crippen molar-refractivity contribution in [2.45, 2.75) is 45.4 Å². The minimum absolute atomic E-state index is 0.449. The standard InChI is InChI=1S/C16H22N2O2/c1-2-3-8-19-9-10-20-16-14(12-17)11-13-6-4-5-7-15(13)18-16/h11H,2-10H2,1H3. The molecular weight excluding hydrogens is 252 g/mol. The number of hydrogen-bond acceptors (Lipinski definition) is 4. The molecule has 0 unspecified atom stereocenters. The van der Waals surface area contributed by atoms with Gasteiger partial charge in [0, 0.05) is 12.3 Å². The van der Waals surface area contributed by atoms with Crippen LogP contribution in [0.4, 0.5) is 0 Å². The second-order valence-electron chi connectivity index (χ2n) is 5.08. The Kier molecular flexibility index (Phi) is 5.82. The maximum atomic E-state index is 9.19. The molecule has 2 rings (SSSR count). The van der Waals surface area contributed by atoms with Crippen LogP contribution < -0.4 is 4.74 Å². The molecule has 0 fully saturated rings. The normalized spacial score (nSPS) is 13.6. The maximum Gasteiger partial charge on any atom is 0.232 e. The number of nitriles is 1. The molecule has 0 aliphatic heterocycles. The van der Waals surface area contributed by atoms with Crippen LogP contribution in [0.25, 0.3) is 0 Å². The van der Waals surface area contributed by atoms with Crippen molar-refractivity contribution in [3.63, 3.8) is 0 Å². The van der Waals surface area contributed by atoms with Gasteiger partial charge in [-0.15, -0.1) is 0 Å². The number of aryl methyl sites for hydroxylation is 2. The molecular formula is C16H22N2O2. The number of pyridine rings is 1. The zero-order chi connectivity index (χ0) is 14.2. The van der Waals surface area contributed by atoms with Crippen molar-refractivity contribution in [2.75, 3.05) is 19.8 Å². The lowest BCUT2D eigenvalue weighted by Crippen LogP contribution is -2.12. The van der Waals surface area contributed by atoms with Gasteiger partial charge in [0.25, 0.3) is 0 Å². The van der Waals surface area contributed by atoms with Crippen LogP contribution in [0.5, 0.6) is 5.88 Å². The van der Waals surface area contributed by atoms with Crippen LogP contribution in [0.15, 0.2) is 6.07 Å². The first-order valence-corrected chi connectivity index (χ1v) is 7.48. The minimum Gasteiger partial charge on any atom is -0.474 e. The van der Waals surface area contributed by atoms with Crippen molar-refractivity contribution in [1.29, 1.82) is 5.26 Å². The molecule has 108 valence electrons. The van der Waals surface area contributed by atoms with Gasteiger partial charge in [0.1, 0.15) is 18.2 Å². The van der Waals surface area contributed by atoms with Gasteiger partial charge >= 0.3 is 0 Å². The Hall–Kier alpha value is -1.60. The van der Waals surface area contributed by atoms with E-state index in [1.807, 2.05) is 6.07 Å². The lowest BCUT2D eigenvalue weighted by Gasteiger charge is -2.16. The molecule has 1 heterocycles. The van der Waals surface area contributed by atoms with E-state index in [0.717, 1.165) is 38.0 Å². The van der Waals surface area contributed by atoms with Crippen molar-refractivity contribution >= 4 is 0 Å². The van der Waals surface area contributed by atoms with E-state index >= 15 is 0 Å². The summed E-state index contributed by atoms with van der Waals surface area (Å²) in [4.78, 5) is 4.52. The Morgan fingerprint density at radius 3 is 2.90 bits per heavy atom. The highest BCUT2D eigenvalue weighted by Crippen LogP contribution is 2.25. The van der Waals surface area contributed by atoms with E-state index in [9.17, 15) is 5.26 Å². The molecule has 4 nitrogen and oxygen atoms in total. The summed E-state index contributed by atoms with van der Waals surface area (Å²) in [5, 5.41) is 9.19. The van der Waals surface area contributed by atoms with E-state index in [-0.39, 0.29) is 0 Å². The molecule has 1 aliphatic rings. The Bertz CT molecular complexity index is 480. The fraction of sp³-hybridized carbons (Fsp3) is 0.625. The Morgan fingerprint density at radius 1 is 1.25 bits per heavy atom. The molecule has 0 radical (unpaired) electrons. The van der Waals surface area contributed by atoms with Crippen LogP contribution in [-0.4, -0.2) is 24.8 Å². The molecule has 0 saturated heterocycles. The summed E-state index contributed by atoms with van der Waals surface area (Å²) in [7, 11) is 0. The summed E-state index contributed by atoms with van der Waals surface area (Å²) in [6.07, 6.45) is 6.57. The molecule has 1 aromatic heterocycles. The van der Waals surface area contributed by atoms with Gasteiger partial charge in [-0.1, -0.05) is 13.3 Å². The molecule has 0 amide bonds. The highest BCUT2D eigenvalue weighted by atomic mass is 16.5. The average Bonchev–Trinajstić information content (AvgIpc) is 2.50. The summed E-state index contributed by atoms with van der Waals surface area (Å²) in [5.41, 5.74) is 2.84. The lowest BCUT2D eigenvalue weighted by molar-refractivity contribution is 0.0963.